The fourth-order valence-corrected chi connectivity index (χ4v) is 4.22. The Morgan fingerprint density at radius 2 is 1.82 bits per heavy atom. The number of benzene rings is 1. The predicted molar refractivity (Wildman–Crippen MR) is 109 cm³/mol. The average molecular weight is 386 g/mol. The van der Waals surface area contributed by atoms with Crippen LogP contribution in [-0.2, 0) is 0 Å². The minimum absolute atomic E-state index is 0.385. The van der Waals surface area contributed by atoms with Crippen LogP contribution < -0.4 is 14.2 Å². The van der Waals surface area contributed by atoms with Gasteiger partial charge in [0.1, 0.15) is 5.75 Å². The summed E-state index contributed by atoms with van der Waals surface area (Å²) in [5.74, 6) is 2.33. The van der Waals surface area contributed by atoms with Crippen molar-refractivity contribution in [1.82, 2.24) is 14.5 Å². The molecule has 0 N–H and O–H groups in total. The number of nitrogens with zero attached hydrogens (tertiary/aromatic N) is 3. The van der Waals surface area contributed by atoms with E-state index < -0.39 is 0 Å². The van der Waals surface area contributed by atoms with Gasteiger partial charge in [-0.05, 0) is 38.4 Å². The number of piperidine rings is 1. The van der Waals surface area contributed by atoms with Gasteiger partial charge in [-0.25, -0.2) is 4.98 Å². The second-order valence-corrected chi connectivity index (χ2v) is 7.66. The zero-order chi connectivity index (χ0) is 19.3. The smallest absolute Gasteiger partial charge is 0.164 e. The summed E-state index contributed by atoms with van der Waals surface area (Å²) in [6.45, 7) is 7.06. The van der Waals surface area contributed by atoms with Gasteiger partial charge in [0.25, 0.3) is 0 Å². The van der Waals surface area contributed by atoms with Crippen LogP contribution in [0.5, 0.6) is 17.2 Å². The molecule has 0 spiro atoms. The number of likely N-dealkylation sites (tertiary alicyclic amines) is 1. The van der Waals surface area contributed by atoms with Gasteiger partial charge in [0.15, 0.2) is 11.5 Å². The van der Waals surface area contributed by atoms with Gasteiger partial charge in [-0.3, -0.25) is 0 Å². The van der Waals surface area contributed by atoms with Crippen molar-refractivity contribution in [2.75, 3.05) is 40.0 Å². The molecule has 6 nitrogen and oxygen atoms in total. The van der Waals surface area contributed by atoms with Gasteiger partial charge < -0.3 is 23.7 Å². The zero-order valence-electron chi connectivity index (χ0n) is 17.0. The first-order chi connectivity index (χ1) is 13.8. The van der Waals surface area contributed by atoms with Crippen molar-refractivity contribution in [3.05, 3.63) is 24.7 Å². The van der Waals surface area contributed by atoms with Crippen molar-refractivity contribution in [3.63, 3.8) is 0 Å². The topological polar surface area (TPSA) is 48.8 Å². The van der Waals surface area contributed by atoms with Gasteiger partial charge in [-0.1, -0.05) is 13.3 Å². The Morgan fingerprint density at radius 3 is 2.54 bits per heavy atom. The van der Waals surface area contributed by atoms with Gasteiger partial charge in [0.05, 0.1) is 38.5 Å². The van der Waals surface area contributed by atoms with Crippen LogP contribution in [-0.4, -0.2) is 54.4 Å². The largest absolute Gasteiger partial charge is 0.496 e. The number of fused-ring (bicyclic) bond motifs is 1. The van der Waals surface area contributed by atoms with Gasteiger partial charge >= 0.3 is 0 Å². The Bertz CT molecular complexity index is 783. The molecule has 1 atom stereocenters. The summed E-state index contributed by atoms with van der Waals surface area (Å²) in [5, 5.41) is 0. The summed E-state index contributed by atoms with van der Waals surface area (Å²) in [6.07, 6.45) is 9.81. The highest BCUT2D eigenvalue weighted by molar-refractivity contribution is 5.72. The van der Waals surface area contributed by atoms with Crippen molar-refractivity contribution in [2.45, 2.75) is 45.1 Å². The lowest BCUT2D eigenvalue weighted by Crippen LogP contribution is -2.35. The molecule has 0 amide bonds. The van der Waals surface area contributed by atoms with Crippen LogP contribution in [0.25, 0.3) is 11.3 Å². The van der Waals surface area contributed by atoms with E-state index in [9.17, 15) is 0 Å². The van der Waals surface area contributed by atoms with Gasteiger partial charge in [-0.2, -0.15) is 0 Å². The van der Waals surface area contributed by atoms with Crippen molar-refractivity contribution >= 4 is 0 Å². The fourth-order valence-electron chi connectivity index (χ4n) is 4.22. The quantitative estimate of drug-likeness (QED) is 0.747. The number of imidazole rings is 1. The highest BCUT2D eigenvalue weighted by Crippen LogP contribution is 2.41. The first-order valence-electron chi connectivity index (χ1n) is 10.5. The molecule has 2 aromatic rings. The lowest BCUT2D eigenvalue weighted by atomic mass is 10.1. The highest BCUT2D eigenvalue weighted by Gasteiger charge is 2.23. The number of aromatic nitrogens is 2. The van der Waals surface area contributed by atoms with E-state index in [1.165, 1.54) is 32.4 Å². The van der Waals surface area contributed by atoms with Crippen LogP contribution in [0.4, 0.5) is 0 Å². The maximum atomic E-state index is 5.92. The number of methoxy groups -OCH3 is 1. The maximum absolute atomic E-state index is 5.92. The molecule has 1 aromatic carbocycles. The molecule has 1 saturated heterocycles. The number of ether oxygens (including phenoxy) is 3. The van der Waals surface area contributed by atoms with E-state index in [2.05, 4.69) is 21.4 Å². The zero-order valence-corrected chi connectivity index (χ0v) is 17.0. The lowest BCUT2D eigenvalue weighted by Gasteiger charge is -2.31. The molecule has 152 valence electrons. The van der Waals surface area contributed by atoms with Gasteiger partial charge in [0, 0.05) is 30.6 Å². The fraction of sp³-hybridized carbons (Fsp3) is 0.591. The van der Waals surface area contributed by atoms with Crippen molar-refractivity contribution in [2.24, 2.45) is 0 Å². The molecular formula is C22H31N3O3. The van der Waals surface area contributed by atoms with E-state index in [1.54, 1.807) is 7.11 Å². The van der Waals surface area contributed by atoms with E-state index in [1.807, 2.05) is 24.7 Å². The summed E-state index contributed by atoms with van der Waals surface area (Å²) in [4.78, 5) is 7.07. The van der Waals surface area contributed by atoms with E-state index >= 15 is 0 Å². The SMILES string of the molecule is CC[C@H](CN1CCCCC1)n1cncc1-c1cc2c(cc1OC)OCCCO2. The van der Waals surface area contributed by atoms with Gasteiger partial charge in [0.2, 0.25) is 0 Å². The molecule has 2 aliphatic rings. The molecule has 1 aromatic heterocycles. The maximum Gasteiger partial charge on any atom is 0.164 e. The minimum atomic E-state index is 0.385. The third-order valence-corrected chi connectivity index (χ3v) is 5.79. The molecule has 0 bridgehead atoms. The Morgan fingerprint density at radius 1 is 1.07 bits per heavy atom. The molecule has 3 heterocycles. The third-order valence-electron chi connectivity index (χ3n) is 5.79. The molecule has 1 fully saturated rings. The number of hydrogen-bond donors (Lipinski definition) is 0. The summed E-state index contributed by atoms with van der Waals surface area (Å²) in [7, 11) is 1.70. The monoisotopic (exact) mass is 385 g/mol. The van der Waals surface area contributed by atoms with Crippen LogP contribution in [0.3, 0.4) is 0 Å². The summed E-state index contributed by atoms with van der Waals surface area (Å²) >= 11 is 0. The highest BCUT2D eigenvalue weighted by atomic mass is 16.5. The van der Waals surface area contributed by atoms with Crippen LogP contribution in [0.2, 0.25) is 0 Å². The first kappa shape index (κ1) is 19.1. The molecule has 0 aliphatic carbocycles. The second-order valence-electron chi connectivity index (χ2n) is 7.66. The number of hydrogen-bond acceptors (Lipinski definition) is 5. The van der Waals surface area contributed by atoms with Crippen molar-refractivity contribution < 1.29 is 14.2 Å². The van der Waals surface area contributed by atoms with Crippen LogP contribution in [0, 0.1) is 0 Å². The summed E-state index contributed by atoms with van der Waals surface area (Å²) < 4.78 is 19.8. The lowest BCUT2D eigenvalue weighted by molar-refractivity contribution is 0.194. The molecule has 6 heteroatoms. The Kier molecular flexibility index (Phi) is 6.05. The van der Waals surface area contributed by atoms with Crippen molar-refractivity contribution in [3.8, 4) is 28.5 Å². The van der Waals surface area contributed by atoms with E-state index in [0.29, 0.717) is 19.3 Å². The molecule has 0 saturated carbocycles. The molecule has 4 rings (SSSR count). The molecule has 0 radical (unpaired) electrons. The van der Waals surface area contributed by atoms with E-state index in [-0.39, 0.29) is 0 Å². The average Bonchev–Trinajstić information content (AvgIpc) is 3.10. The Hall–Kier alpha value is -2.21. The predicted octanol–water partition coefficient (Wildman–Crippen LogP) is 4.16. The van der Waals surface area contributed by atoms with Crippen LogP contribution >= 0.6 is 0 Å². The minimum Gasteiger partial charge on any atom is -0.496 e. The summed E-state index contributed by atoms with van der Waals surface area (Å²) in [6, 6.07) is 4.37. The third kappa shape index (κ3) is 3.97. The van der Waals surface area contributed by atoms with E-state index in [4.69, 9.17) is 14.2 Å². The molecule has 2 aliphatic heterocycles. The van der Waals surface area contributed by atoms with Crippen LogP contribution in [0.15, 0.2) is 24.7 Å². The molecule has 0 unspecified atom stereocenters. The second kappa shape index (κ2) is 8.86. The first-order valence-corrected chi connectivity index (χ1v) is 10.5. The normalized spacial score (nSPS) is 18.5. The summed E-state index contributed by atoms with van der Waals surface area (Å²) in [5.41, 5.74) is 2.07. The number of rotatable bonds is 6. The molecule has 28 heavy (non-hydrogen) atoms. The molecular weight excluding hydrogens is 354 g/mol. The van der Waals surface area contributed by atoms with Crippen molar-refractivity contribution in [1.29, 1.82) is 0 Å². The Balaban J connectivity index is 1.66. The van der Waals surface area contributed by atoms with Crippen LogP contribution in [0.1, 0.15) is 45.1 Å². The van der Waals surface area contributed by atoms with Gasteiger partial charge in [-0.15, -0.1) is 0 Å². The Labute approximate surface area is 167 Å². The van der Waals surface area contributed by atoms with E-state index in [0.717, 1.165) is 47.9 Å². The standard InChI is InChI=1S/C22H31N3O3/c1-3-17(15-24-8-5-4-6-9-24)25-16-23-14-19(25)18-12-21-22(13-20(18)26-2)28-11-7-10-27-21/h12-14,16-17H,3-11,15H2,1-2H3/t17-/m1/s1.